The predicted octanol–water partition coefficient (Wildman–Crippen LogP) is 0.492. The maximum absolute atomic E-state index is 11.7. The third-order valence-corrected chi connectivity index (χ3v) is 3.39. The molecule has 1 aromatic rings. The molecule has 1 aliphatic heterocycles. The highest BCUT2D eigenvalue weighted by Crippen LogP contribution is 2.20. The molecule has 1 heterocycles. The molecule has 0 radical (unpaired) electrons. The number of benzene rings is 1. The van der Waals surface area contributed by atoms with Gasteiger partial charge in [-0.1, -0.05) is 12.1 Å². The third kappa shape index (κ3) is 3.14. The number of anilines is 1. The summed E-state index contributed by atoms with van der Waals surface area (Å²) >= 11 is 0. The molecule has 106 valence electrons. The maximum Gasteiger partial charge on any atom is 0.249 e. The zero-order valence-electron chi connectivity index (χ0n) is 11.2. The van der Waals surface area contributed by atoms with E-state index in [1.807, 2.05) is 6.07 Å². The molecule has 4 N–H and O–H groups in total. The summed E-state index contributed by atoms with van der Waals surface area (Å²) < 4.78 is 0. The zero-order valence-corrected chi connectivity index (χ0v) is 11.2. The first-order chi connectivity index (χ1) is 9.47. The van der Waals surface area contributed by atoms with Crippen LogP contribution in [0.5, 0.6) is 0 Å². The van der Waals surface area contributed by atoms with E-state index in [0.717, 1.165) is 11.3 Å². The fourth-order valence-electron chi connectivity index (χ4n) is 2.09. The minimum atomic E-state index is -0.438. The highest BCUT2D eigenvalue weighted by atomic mass is 16.2. The number of nitrogens with two attached hydrogens (primary N) is 1. The first kappa shape index (κ1) is 14.0. The van der Waals surface area contributed by atoms with Crippen LogP contribution in [0.1, 0.15) is 31.2 Å². The summed E-state index contributed by atoms with van der Waals surface area (Å²) in [7, 11) is 0. The number of piperidine rings is 1. The molecule has 1 fully saturated rings. The van der Waals surface area contributed by atoms with Crippen molar-refractivity contribution in [3.05, 3.63) is 29.8 Å². The molecule has 6 heteroatoms. The molecule has 0 bridgehead atoms. The van der Waals surface area contributed by atoms with Crippen molar-refractivity contribution in [3.63, 3.8) is 0 Å². The van der Waals surface area contributed by atoms with Gasteiger partial charge in [0.05, 0.1) is 5.92 Å². The Kier molecular flexibility index (Phi) is 4.02. The number of imide groups is 1. The predicted molar refractivity (Wildman–Crippen MR) is 73.8 cm³/mol. The molecule has 0 aromatic heterocycles. The van der Waals surface area contributed by atoms with Crippen LogP contribution in [-0.2, 0) is 14.4 Å². The van der Waals surface area contributed by atoms with Crippen LogP contribution in [0.3, 0.4) is 0 Å². The summed E-state index contributed by atoms with van der Waals surface area (Å²) in [5.41, 5.74) is 6.79. The Morgan fingerprint density at radius 3 is 2.85 bits per heavy atom. The number of nitrogens with one attached hydrogen (secondary N) is 2. The second-order valence-electron chi connectivity index (χ2n) is 4.90. The minimum Gasteiger partial charge on any atom is -0.374 e. The van der Waals surface area contributed by atoms with Crippen LogP contribution in [0.4, 0.5) is 5.69 Å². The fraction of sp³-hybridized carbons (Fsp3) is 0.357. The molecule has 1 aromatic carbocycles. The van der Waals surface area contributed by atoms with Crippen molar-refractivity contribution >= 4 is 23.4 Å². The number of carbonyl (C=O) groups excluding carboxylic acids is 3. The summed E-state index contributed by atoms with van der Waals surface area (Å²) in [4.78, 5) is 33.9. The Morgan fingerprint density at radius 2 is 2.20 bits per heavy atom. The van der Waals surface area contributed by atoms with Crippen molar-refractivity contribution in [2.75, 3.05) is 5.32 Å². The van der Waals surface area contributed by atoms with Gasteiger partial charge in [0.15, 0.2) is 0 Å². The van der Waals surface area contributed by atoms with E-state index < -0.39 is 17.9 Å². The molecule has 0 aliphatic carbocycles. The van der Waals surface area contributed by atoms with E-state index in [0.29, 0.717) is 12.8 Å². The van der Waals surface area contributed by atoms with Gasteiger partial charge >= 0.3 is 0 Å². The van der Waals surface area contributed by atoms with Gasteiger partial charge in [-0.3, -0.25) is 19.7 Å². The molecule has 0 saturated carbocycles. The normalized spacial score (nSPS) is 20.1. The average molecular weight is 275 g/mol. The number of hydrogen-bond donors (Lipinski definition) is 3. The molecule has 2 rings (SSSR count). The minimum absolute atomic E-state index is 0.246. The molecule has 2 atom stereocenters. The van der Waals surface area contributed by atoms with Crippen molar-refractivity contribution in [3.8, 4) is 0 Å². The van der Waals surface area contributed by atoms with E-state index in [2.05, 4.69) is 10.6 Å². The molecule has 1 aliphatic rings. The summed E-state index contributed by atoms with van der Waals surface area (Å²) in [6.45, 7) is 1.73. The second-order valence-corrected chi connectivity index (χ2v) is 4.90. The highest BCUT2D eigenvalue weighted by Gasteiger charge is 2.26. The van der Waals surface area contributed by atoms with Gasteiger partial charge in [0.25, 0.3) is 0 Å². The van der Waals surface area contributed by atoms with Gasteiger partial charge in [-0.15, -0.1) is 0 Å². The Balaban J connectivity index is 2.10. The van der Waals surface area contributed by atoms with Crippen LogP contribution in [0.25, 0.3) is 0 Å². The van der Waals surface area contributed by atoms with E-state index in [1.54, 1.807) is 25.1 Å². The molecular formula is C14H17N3O3. The molecule has 2 unspecified atom stereocenters. The van der Waals surface area contributed by atoms with Crippen LogP contribution in [0, 0.1) is 0 Å². The van der Waals surface area contributed by atoms with E-state index in [4.69, 9.17) is 5.73 Å². The van der Waals surface area contributed by atoms with E-state index in [9.17, 15) is 14.4 Å². The molecule has 0 spiro atoms. The van der Waals surface area contributed by atoms with E-state index >= 15 is 0 Å². The lowest BCUT2D eigenvalue weighted by atomic mass is 9.99. The van der Waals surface area contributed by atoms with E-state index in [1.165, 1.54) is 0 Å². The first-order valence-corrected chi connectivity index (χ1v) is 6.47. The molecule has 3 amide bonds. The molecule has 20 heavy (non-hydrogen) atoms. The van der Waals surface area contributed by atoms with Crippen LogP contribution < -0.4 is 16.4 Å². The van der Waals surface area contributed by atoms with Crippen LogP contribution >= 0.6 is 0 Å². The zero-order chi connectivity index (χ0) is 14.7. The number of rotatable bonds is 4. The van der Waals surface area contributed by atoms with Gasteiger partial charge in [-0.05, 0) is 31.0 Å². The van der Waals surface area contributed by atoms with Crippen molar-refractivity contribution in [2.24, 2.45) is 5.73 Å². The average Bonchev–Trinajstić information content (AvgIpc) is 2.41. The molecule has 1 saturated heterocycles. The van der Waals surface area contributed by atoms with Gasteiger partial charge in [-0.2, -0.15) is 0 Å². The Hall–Kier alpha value is -2.37. The van der Waals surface area contributed by atoms with Crippen molar-refractivity contribution < 1.29 is 14.4 Å². The van der Waals surface area contributed by atoms with Gasteiger partial charge in [0.1, 0.15) is 6.04 Å². The molecular weight excluding hydrogens is 258 g/mol. The largest absolute Gasteiger partial charge is 0.374 e. The topological polar surface area (TPSA) is 101 Å². The quantitative estimate of drug-likeness (QED) is 0.696. The van der Waals surface area contributed by atoms with Crippen LogP contribution in [0.2, 0.25) is 0 Å². The standard InChI is InChI=1S/C14H17N3O3/c1-8(13(15)19)9-3-2-4-10(7-9)16-11-5-6-12(18)17-14(11)20/h2-4,7-8,11,16H,5-6H2,1H3,(H2,15,19)(H,17,18,20). The number of hydrogen-bond acceptors (Lipinski definition) is 4. The van der Waals surface area contributed by atoms with Crippen molar-refractivity contribution in [2.45, 2.75) is 31.7 Å². The van der Waals surface area contributed by atoms with Crippen molar-refractivity contribution in [1.82, 2.24) is 5.32 Å². The highest BCUT2D eigenvalue weighted by molar-refractivity contribution is 6.01. The number of carbonyl (C=O) groups is 3. The summed E-state index contributed by atoms with van der Waals surface area (Å²) in [6, 6.07) is 6.76. The first-order valence-electron chi connectivity index (χ1n) is 6.47. The molecule has 6 nitrogen and oxygen atoms in total. The second kappa shape index (κ2) is 5.73. The lowest BCUT2D eigenvalue weighted by molar-refractivity contribution is -0.133. The number of amides is 3. The smallest absolute Gasteiger partial charge is 0.249 e. The summed E-state index contributed by atoms with van der Waals surface area (Å²) in [5.74, 6) is -1.36. The lowest BCUT2D eigenvalue weighted by Gasteiger charge is -2.23. The lowest BCUT2D eigenvalue weighted by Crippen LogP contribution is -2.47. The SMILES string of the molecule is CC(C(N)=O)c1cccc(NC2CCC(=O)NC2=O)c1. The van der Waals surface area contributed by atoms with E-state index in [-0.39, 0.29) is 11.8 Å². The van der Waals surface area contributed by atoms with Gasteiger partial charge in [0.2, 0.25) is 17.7 Å². The maximum atomic E-state index is 11.7. The van der Waals surface area contributed by atoms with Crippen LogP contribution in [-0.4, -0.2) is 23.8 Å². The summed E-state index contributed by atoms with van der Waals surface area (Å²) in [6.07, 6.45) is 0.779. The third-order valence-electron chi connectivity index (χ3n) is 3.39. The Morgan fingerprint density at radius 1 is 1.45 bits per heavy atom. The van der Waals surface area contributed by atoms with Gasteiger partial charge in [0, 0.05) is 12.1 Å². The van der Waals surface area contributed by atoms with Gasteiger partial charge < -0.3 is 11.1 Å². The van der Waals surface area contributed by atoms with Crippen molar-refractivity contribution in [1.29, 1.82) is 0 Å². The summed E-state index contributed by atoms with van der Waals surface area (Å²) in [5, 5.41) is 5.36. The fourth-order valence-corrected chi connectivity index (χ4v) is 2.09. The Bertz CT molecular complexity index is 556. The van der Waals surface area contributed by atoms with Crippen LogP contribution in [0.15, 0.2) is 24.3 Å². The number of primary amides is 1. The monoisotopic (exact) mass is 275 g/mol. The van der Waals surface area contributed by atoms with Gasteiger partial charge in [-0.25, -0.2) is 0 Å². The Labute approximate surface area is 116 Å².